The first-order chi connectivity index (χ1) is 9.06. The number of hydrogen-bond donors (Lipinski definition) is 1. The minimum atomic E-state index is -0.921. The second-order valence-electron chi connectivity index (χ2n) is 3.84. The molecule has 0 aromatic rings. The van der Waals surface area contributed by atoms with Gasteiger partial charge in [0.05, 0.1) is 13.2 Å². The predicted octanol–water partition coefficient (Wildman–Crippen LogP) is 1.53. The number of aliphatic carboxylic acids is 1. The quantitative estimate of drug-likeness (QED) is 0.285. The zero-order valence-corrected chi connectivity index (χ0v) is 14.0. The summed E-state index contributed by atoms with van der Waals surface area (Å²) in [5.74, 6) is -1.70. The zero-order chi connectivity index (χ0) is 14.5. The molecule has 7 heteroatoms. The molecule has 6 nitrogen and oxygen atoms in total. The third kappa shape index (κ3) is 15.5. The summed E-state index contributed by atoms with van der Waals surface area (Å²) < 4.78 is 9.74. The summed E-state index contributed by atoms with van der Waals surface area (Å²) in [5, 5.41) is 8.38. The van der Waals surface area contributed by atoms with Crippen LogP contribution in [0.2, 0.25) is 0 Å². The van der Waals surface area contributed by atoms with Gasteiger partial charge < -0.3 is 17.4 Å². The van der Waals surface area contributed by atoms with Gasteiger partial charge in [0.2, 0.25) is 0 Å². The van der Waals surface area contributed by atoms with Gasteiger partial charge in [0.1, 0.15) is 0 Å². The van der Waals surface area contributed by atoms with E-state index >= 15 is 0 Å². The molecule has 0 aromatic carbocycles. The van der Waals surface area contributed by atoms with Crippen molar-refractivity contribution in [2.45, 2.75) is 39.0 Å². The maximum Gasteiger partial charge on any atom is 2.00 e. The van der Waals surface area contributed by atoms with E-state index in [1.807, 2.05) is 0 Å². The Morgan fingerprint density at radius 1 is 1.05 bits per heavy atom. The van der Waals surface area contributed by atoms with Crippen LogP contribution < -0.4 is 0 Å². The van der Waals surface area contributed by atoms with Crippen molar-refractivity contribution in [1.82, 2.24) is 0 Å². The van der Waals surface area contributed by atoms with Crippen molar-refractivity contribution < 1.29 is 31.8 Å². The van der Waals surface area contributed by atoms with Crippen molar-refractivity contribution >= 4 is 55.6 Å². The zero-order valence-electron chi connectivity index (χ0n) is 13.8. The van der Waals surface area contributed by atoms with Crippen molar-refractivity contribution in [1.29, 1.82) is 0 Å². The number of carbonyl (C=O) groups excluding carboxylic acids is 2. The van der Waals surface area contributed by atoms with E-state index < -0.39 is 11.9 Å². The van der Waals surface area contributed by atoms with Crippen LogP contribution in [0, 0.1) is 0 Å². The SMILES string of the molecule is CC=CC(=O)OCCCCOC(=O)CCCC(=O)O.[Ca+2].[H-].[H-]. The topological polar surface area (TPSA) is 89.9 Å². The van der Waals surface area contributed by atoms with Crippen LogP contribution in [0.1, 0.15) is 41.9 Å². The Hall–Kier alpha value is -0.590. The largest absolute Gasteiger partial charge is 2.00 e. The number of esters is 2. The number of carbonyl (C=O) groups is 3. The average molecular weight is 314 g/mol. The summed E-state index contributed by atoms with van der Waals surface area (Å²) in [6, 6.07) is 0. The Balaban J connectivity index is -0.000000540. The van der Waals surface area contributed by atoms with E-state index in [4.69, 9.17) is 14.6 Å². The fraction of sp³-hybridized carbons (Fsp3) is 0.615. The second kappa shape index (κ2) is 14.8. The molecule has 0 saturated heterocycles. The number of ether oxygens (including phenoxy) is 2. The van der Waals surface area contributed by atoms with E-state index in [0.717, 1.165) is 0 Å². The van der Waals surface area contributed by atoms with Gasteiger partial charge in [0, 0.05) is 18.9 Å². The van der Waals surface area contributed by atoms with Gasteiger partial charge in [-0.2, -0.15) is 0 Å². The molecule has 0 amide bonds. The monoisotopic (exact) mass is 314 g/mol. The molecule has 0 heterocycles. The van der Waals surface area contributed by atoms with Crippen molar-refractivity contribution in [2.75, 3.05) is 13.2 Å². The summed E-state index contributed by atoms with van der Waals surface area (Å²) >= 11 is 0. The third-order valence-corrected chi connectivity index (χ3v) is 2.12. The van der Waals surface area contributed by atoms with E-state index in [9.17, 15) is 14.4 Å². The third-order valence-electron chi connectivity index (χ3n) is 2.12. The van der Waals surface area contributed by atoms with Crippen LogP contribution in [0.15, 0.2) is 12.2 Å². The van der Waals surface area contributed by atoms with Gasteiger partial charge in [-0.3, -0.25) is 9.59 Å². The number of carboxylic acids is 1. The molecule has 112 valence electrons. The Labute approximate surface area is 151 Å². The van der Waals surface area contributed by atoms with Gasteiger partial charge in [-0.15, -0.1) is 0 Å². The number of unbranched alkanes of at least 4 members (excludes halogenated alkanes) is 1. The Bertz CT molecular complexity index is 336. The summed E-state index contributed by atoms with van der Waals surface area (Å²) in [7, 11) is 0. The number of allylic oxidation sites excluding steroid dienone is 1. The molecule has 0 aliphatic heterocycles. The van der Waals surface area contributed by atoms with Crippen LogP contribution in [0.4, 0.5) is 0 Å². The summed E-state index contributed by atoms with van der Waals surface area (Å²) in [4.78, 5) is 32.3. The van der Waals surface area contributed by atoms with Crippen LogP contribution in [0.3, 0.4) is 0 Å². The average Bonchev–Trinajstić information content (AvgIpc) is 2.33. The van der Waals surface area contributed by atoms with E-state index in [2.05, 4.69) is 0 Å². The normalized spacial score (nSPS) is 9.85. The van der Waals surface area contributed by atoms with E-state index in [1.54, 1.807) is 13.0 Å². The molecule has 0 unspecified atom stereocenters. The van der Waals surface area contributed by atoms with Gasteiger partial charge in [0.15, 0.2) is 0 Å². The fourth-order valence-corrected chi connectivity index (χ4v) is 1.20. The first-order valence-electron chi connectivity index (χ1n) is 6.23. The maximum atomic E-state index is 11.1. The van der Waals surface area contributed by atoms with Gasteiger partial charge in [-0.05, 0) is 26.2 Å². The van der Waals surface area contributed by atoms with Gasteiger partial charge in [0.25, 0.3) is 0 Å². The maximum absolute atomic E-state index is 11.1. The fourth-order valence-electron chi connectivity index (χ4n) is 1.20. The van der Waals surface area contributed by atoms with Crippen molar-refractivity contribution in [3.8, 4) is 0 Å². The summed E-state index contributed by atoms with van der Waals surface area (Å²) in [6.45, 7) is 2.28. The van der Waals surface area contributed by atoms with Crippen LogP contribution in [0.5, 0.6) is 0 Å². The minimum Gasteiger partial charge on any atom is -1.00 e. The van der Waals surface area contributed by atoms with E-state index in [0.29, 0.717) is 19.4 Å². The standard InChI is InChI=1S/C13H20O6.Ca.2H/c1-2-6-12(16)18-9-3-4-10-19-13(17)8-5-7-11(14)15;;;/h2,6H,3-5,7-10H2,1H3,(H,14,15);;;/q;+2;2*-1. The predicted molar refractivity (Wildman–Crippen MR) is 75.4 cm³/mol. The molecular formula is C13H22CaO6. The van der Waals surface area contributed by atoms with E-state index in [-0.39, 0.29) is 72.4 Å². The minimum absolute atomic E-state index is 0. The molecule has 0 rings (SSSR count). The number of carboxylic acid groups (broad SMARTS) is 1. The molecule has 0 aliphatic carbocycles. The first kappa shape index (κ1) is 21.7. The number of rotatable bonds is 10. The Kier molecular flexibility index (Phi) is 16.1. The van der Waals surface area contributed by atoms with Gasteiger partial charge in [-0.25, -0.2) is 4.79 Å². The molecule has 20 heavy (non-hydrogen) atoms. The Morgan fingerprint density at radius 3 is 2.20 bits per heavy atom. The summed E-state index contributed by atoms with van der Waals surface area (Å²) in [6.07, 6.45) is 4.52. The molecule has 0 spiro atoms. The van der Waals surface area contributed by atoms with E-state index in [1.165, 1.54) is 6.08 Å². The van der Waals surface area contributed by atoms with Crippen LogP contribution in [-0.4, -0.2) is 74.0 Å². The molecule has 0 atom stereocenters. The molecular weight excluding hydrogens is 292 g/mol. The molecule has 0 radical (unpaired) electrons. The molecule has 0 saturated carbocycles. The molecule has 0 fully saturated rings. The van der Waals surface area contributed by atoms with Crippen molar-refractivity contribution in [3.05, 3.63) is 12.2 Å². The molecule has 1 N–H and O–H groups in total. The smallest absolute Gasteiger partial charge is 1.00 e. The number of hydrogen-bond acceptors (Lipinski definition) is 5. The molecule has 0 aliphatic rings. The molecule has 0 bridgehead atoms. The van der Waals surface area contributed by atoms with Crippen LogP contribution in [0.25, 0.3) is 0 Å². The van der Waals surface area contributed by atoms with Crippen LogP contribution >= 0.6 is 0 Å². The second-order valence-corrected chi connectivity index (χ2v) is 3.84. The first-order valence-corrected chi connectivity index (χ1v) is 6.23. The van der Waals surface area contributed by atoms with Gasteiger partial charge >= 0.3 is 55.6 Å². The van der Waals surface area contributed by atoms with Crippen LogP contribution in [-0.2, 0) is 23.9 Å². The van der Waals surface area contributed by atoms with Crippen molar-refractivity contribution in [2.24, 2.45) is 0 Å². The molecule has 0 aromatic heterocycles. The summed E-state index contributed by atoms with van der Waals surface area (Å²) in [5.41, 5.74) is 0. The van der Waals surface area contributed by atoms with Gasteiger partial charge in [-0.1, -0.05) is 6.08 Å². The van der Waals surface area contributed by atoms with Crippen molar-refractivity contribution in [3.63, 3.8) is 0 Å². The Morgan fingerprint density at radius 2 is 1.65 bits per heavy atom.